The number of nitrogens with zero attached hydrogens (tertiary/aromatic N) is 3. The Bertz CT molecular complexity index is 958. The standard InChI is InChI=1S/C20H20FN3OS2/c1-13-4-2-3-9-24(13)18(25)11-26-20-19-16(22-12-23-20)10-17(27-19)14-5-7-15(21)8-6-14/h5-8,10,12-13H,2-4,9,11H2,1H3/t13-/m0/s1. The van der Waals surface area contributed by atoms with Crippen LogP contribution in [0, 0.1) is 5.82 Å². The second-order valence-corrected chi connectivity index (χ2v) is 8.75. The first-order chi connectivity index (χ1) is 13.1. The fraction of sp³-hybridized carbons (Fsp3) is 0.350. The van der Waals surface area contributed by atoms with E-state index in [0.717, 1.165) is 45.1 Å². The van der Waals surface area contributed by atoms with Crippen molar-refractivity contribution >= 4 is 39.2 Å². The zero-order valence-corrected chi connectivity index (χ0v) is 16.7. The van der Waals surface area contributed by atoms with Crippen LogP contribution in [0.3, 0.4) is 0 Å². The summed E-state index contributed by atoms with van der Waals surface area (Å²) in [5, 5.41) is 0.830. The summed E-state index contributed by atoms with van der Waals surface area (Å²) in [5.41, 5.74) is 1.81. The second-order valence-electron chi connectivity index (χ2n) is 6.73. The van der Waals surface area contributed by atoms with Gasteiger partial charge in [-0.3, -0.25) is 4.79 Å². The van der Waals surface area contributed by atoms with Crippen molar-refractivity contribution in [2.24, 2.45) is 0 Å². The molecule has 1 aliphatic heterocycles. The number of thiophene rings is 1. The van der Waals surface area contributed by atoms with Gasteiger partial charge in [0.15, 0.2) is 0 Å². The number of piperidine rings is 1. The van der Waals surface area contributed by atoms with Gasteiger partial charge in [0.25, 0.3) is 0 Å². The summed E-state index contributed by atoms with van der Waals surface area (Å²) in [6.45, 7) is 2.98. The van der Waals surface area contributed by atoms with Crippen LogP contribution in [-0.2, 0) is 4.79 Å². The largest absolute Gasteiger partial charge is 0.339 e. The lowest BCUT2D eigenvalue weighted by Gasteiger charge is -2.33. The summed E-state index contributed by atoms with van der Waals surface area (Å²) in [4.78, 5) is 24.4. The van der Waals surface area contributed by atoms with Crippen molar-refractivity contribution in [3.63, 3.8) is 0 Å². The zero-order valence-electron chi connectivity index (χ0n) is 15.0. The molecule has 0 N–H and O–H groups in total. The Labute approximate surface area is 165 Å². The average molecular weight is 402 g/mol. The van der Waals surface area contributed by atoms with E-state index in [1.807, 2.05) is 11.0 Å². The molecule has 1 aliphatic rings. The van der Waals surface area contributed by atoms with Gasteiger partial charge in [0.1, 0.15) is 17.2 Å². The lowest BCUT2D eigenvalue weighted by Crippen LogP contribution is -2.42. The van der Waals surface area contributed by atoms with Crippen molar-refractivity contribution in [2.75, 3.05) is 12.3 Å². The van der Waals surface area contributed by atoms with Crippen LogP contribution in [0.4, 0.5) is 4.39 Å². The normalized spacial score (nSPS) is 17.4. The van der Waals surface area contributed by atoms with Crippen molar-refractivity contribution in [1.29, 1.82) is 0 Å². The van der Waals surface area contributed by atoms with Crippen LogP contribution in [0.25, 0.3) is 20.7 Å². The molecule has 1 aromatic carbocycles. The molecular formula is C20H20FN3OS2. The highest BCUT2D eigenvalue weighted by Crippen LogP contribution is 2.37. The van der Waals surface area contributed by atoms with Gasteiger partial charge in [-0.15, -0.1) is 11.3 Å². The zero-order chi connectivity index (χ0) is 18.8. The van der Waals surface area contributed by atoms with E-state index in [0.29, 0.717) is 11.8 Å². The molecule has 3 aromatic rings. The van der Waals surface area contributed by atoms with E-state index < -0.39 is 0 Å². The molecule has 7 heteroatoms. The molecule has 0 unspecified atom stereocenters. The summed E-state index contributed by atoms with van der Waals surface area (Å²) in [7, 11) is 0. The molecule has 0 radical (unpaired) electrons. The fourth-order valence-electron chi connectivity index (χ4n) is 3.37. The molecule has 0 aliphatic carbocycles. The number of amides is 1. The van der Waals surface area contributed by atoms with Gasteiger partial charge in [0.2, 0.25) is 5.91 Å². The summed E-state index contributed by atoms with van der Waals surface area (Å²) in [5.74, 6) is 0.316. The molecule has 3 heterocycles. The minimum absolute atomic E-state index is 0.175. The summed E-state index contributed by atoms with van der Waals surface area (Å²) >= 11 is 3.05. The molecule has 0 spiro atoms. The van der Waals surface area contributed by atoms with E-state index in [-0.39, 0.29) is 11.7 Å². The van der Waals surface area contributed by atoms with Gasteiger partial charge >= 0.3 is 0 Å². The predicted molar refractivity (Wildman–Crippen MR) is 109 cm³/mol. The van der Waals surface area contributed by atoms with Gasteiger partial charge in [0, 0.05) is 17.5 Å². The number of carbonyl (C=O) groups excluding carboxylic acids is 1. The minimum atomic E-state index is -0.249. The monoisotopic (exact) mass is 401 g/mol. The maximum absolute atomic E-state index is 13.2. The van der Waals surface area contributed by atoms with E-state index >= 15 is 0 Å². The number of fused-ring (bicyclic) bond motifs is 1. The molecule has 1 amide bonds. The van der Waals surface area contributed by atoms with Gasteiger partial charge in [-0.1, -0.05) is 23.9 Å². The van der Waals surface area contributed by atoms with Gasteiger partial charge in [-0.05, 0) is 49.9 Å². The Hall–Kier alpha value is -1.99. The molecule has 1 saturated heterocycles. The van der Waals surface area contributed by atoms with Gasteiger partial charge in [-0.2, -0.15) is 0 Å². The second kappa shape index (κ2) is 7.94. The van der Waals surface area contributed by atoms with Crippen molar-refractivity contribution in [3.05, 3.63) is 42.5 Å². The van der Waals surface area contributed by atoms with Crippen molar-refractivity contribution in [1.82, 2.24) is 14.9 Å². The van der Waals surface area contributed by atoms with Crippen LogP contribution in [0.1, 0.15) is 26.2 Å². The Morgan fingerprint density at radius 3 is 2.89 bits per heavy atom. The third-order valence-electron chi connectivity index (χ3n) is 4.86. The molecule has 1 fully saturated rings. The molecular weight excluding hydrogens is 381 g/mol. The van der Waals surface area contributed by atoms with E-state index in [2.05, 4.69) is 16.9 Å². The highest BCUT2D eigenvalue weighted by Gasteiger charge is 2.23. The number of carbonyl (C=O) groups is 1. The van der Waals surface area contributed by atoms with Crippen LogP contribution in [0.15, 0.2) is 41.7 Å². The number of rotatable bonds is 4. The van der Waals surface area contributed by atoms with Crippen molar-refractivity contribution in [2.45, 2.75) is 37.3 Å². The number of hydrogen-bond acceptors (Lipinski definition) is 5. The van der Waals surface area contributed by atoms with Crippen molar-refractivity contribution in [3.8, 4) is 10.4 Å². The third-order valence-corrected chi connectivity index (χ3v) is 7.15. The lowest BCUT2D eigenvalue weighted by atomic mass is 10.0. The Balaban J connectivity index is 1.53. The van der Waals surface area contributed by atoms with Gasteiger partial charge in [0.05, 0.1) is 16.0 Å². The molecule has 140 valence electrons. The average Bonchev–Trinajstić information content (AvgIpc) is 3.12. The smallest absolute Gasteiger partial charge is 0.233 e. The predicted octanol–water partition coefficient (Wildman–Crippen LogP) is 4.99. The van der Waals surface area contributed by atoms with E-state index in [1.54, 1.807) is 29.8 Å². The molecule has 4 rings (SSSR count). The number of thioether (sulfide) groups is 1. The van der Waals surface area contributed by atoms with Crippen LogP contribution in [0.2, 0.25) is 0 Å². The summed E-state index contributed by atoms with van der Waals surface area (Å²) < 4.78 is 14.1. The minimum Gasteiger partial charge on any atom is -0.339 e. The Kier molecular flexibility index (Phi) is 5.41. The van der Waals surface area contributed by atoms with E-state index in [1.165, 1.54) is 30.3 Å². The molecule has 2 aromatic heterocycles. The molecule has 1 atom stereocenters. The Morgan fingerprint density at radius 2 is 2.11 bits per heavy atom. The van der Waals surface area contributed by atoms with Crippen LogP contribution >= 0.6 is 23.1 Å². The molecule has 27 heavy (non-hydrogen) atoms. The number of benzene rings is 1. The molecule has 4 nitrogen and oxygen atoms in total. The number of aromatic nitrogens is 2. The first-order valence-electron chi connectivity index (χ1n) is 9.04. The first kappa shape index (κ1) is 18.4. The third kappa shape index (κ3) is 3.99. The van der Waals surface area contributed by atoms with Crippen LogP contribution in [0.5, 0.6) is 0 Å². The maximum atomic E-state index is 13.2. The lowest BCUT2D eigenvalue weighted by molar-refractivity contribution is -0.131. The van der Waals surface area contributed by atoms with Gasteiger partial charge < -0.3 is 4.90 Å². The molecule has 0 saturated carbocycles. The maximum Gasteiger partial charge on any atom is 0.233 e. The highest BCUT2D eigenvalue weighted by molar-refractivity contribution is 8.00. The Morgan fingerprint density at radius 1 is 1.30 bits per heavy atom. The fourth-order valence-corrected chi connectivity index (χ4v) is 5.46. The SMILES string of the molecule is C[C@H]1CCCCN1C(=O)CSc1ncnc2cc(-c3ccc(F)cc3)sc12. The topological polar surface area (TPSA) is 46.1 Å². The number of halogens is 1. The quantitative estimate of drug-likeness (QED) is 0.456. The van der Waals surface area contributed by atoms with E-state index in [9.17, 15) is 9.18 Å². The van der Waals surface area contributed by atoms with E-state index in [4.69, 9.17) is 0 Å². The van der Waals surface area contributed by atoms with Crippen LogP contribution in [-0.4, -0.2) is 39.1 Å². The number of likely N-dealkylation sites (tertiary alicyclic amines) is 1. The van der Waals surface area contributed by atoms with Crippen molar-refractivity contribution < 1.29 is 9.18 Å². The first-order valence-corrected chi connectivity index (χ1v) is 10.8. The summed E-state index contributed by atoms with van der Waals surface area (Å²) in [6.07, 6.45) is 4.91. The number of hydrogen-bond donors (Lipinski definition) is 0. The highest BCUT2D eigenvalue weighted by atomic mass is 32.2. The molecule has 0 bridgehead atoms. The summed E-state index contributed by atoms with van der Waals surface area (Å²) in [6, 6.07) is 8.76. The van der Waals surface area contributed by atoms with Crippen LogP contribution < -0.4 is 0 Å². The van der Waals surface area contributed by atoms with Gasteiger partial charge in [-0.25, -0.2) is 14.4 Å².